The van der Waals surface area contributed by atoms with Crippen LogP contribution in [-0.4, -0.2) is 37.2 Å². The second-order valence-corrected chi connectivity index (χ2v) is 24.1. The first-order chi connectivity index (χ1) is 41.0. The molecule has 0 aliphatic heterocycles. The molecule has 0 amide bonds. The lowest BCUT2D eigenvalue weighted by atomic mass is 10.0. The molecule has 0 bridgehead atoms. The predicted molar refractivity (Wildman–Crippen MR) is 362 cm³/mol. The number of rotatable bonds is 66. The topological polar surface area (TPSA) is 78.9 Å². The number of carbonyl (C=O) groups is 3. The van der Waals surface area contributed by atoms with Gasteiger partial charge in [0.25, 0.3) is 0 Å². The van der Waals surface area contributed by atoms with E-state index in [1.165, 1.54) is 225 Å². The van der Waals surface area contributed by atoms with Crippen molar-refractivity contribution in [2.24, 2.45) is 0 Å². The molecule has 6 nitrogen and oxygen atoms in total. The number of unbranched alkanes of at least 4 members (excludes halogenated alkanes) is 41. The monoisotopic (exact) mass is 1160 g/mol. The van der Waals surface area contributed by atoms with Crippen molar-refractivity contribution in [1.29, 1.82) is 0 Å². The van der Waals surface area contributed by atoms with Crippen LogP contribution >= 0.6 is 0 Å². The molecule has 1 atom stereocenters. The van der Waals surface area contributed by atoms with Crippen LogP contribution in [0.4, 0.5) is 0 Å². The molecule has 0 heterocycles. The summed E-state index contributed by atoms with van der Waals surface area (Å²) < 4.78 is 17.0. The molecule has 0 aromatic heterocycles. The van der Waals surface area contributed by atoms with E-state index in [1.807, 2.05) is 0 Å². The van der Waals surface area contributed by atoms with Gasteiger partial charge in [0.05, 0.1) is 0 Å². The minimum atomic E-state index is -0.772. The highest BCUT2D eigenvalue weighted by Crippen LogP contribution is 2.18. The van der Waals surface area contributed by atoms with Crippen molar-refractivity contribution < 1.29 is 28.6 Å². The van der Waals surface area contributed by atoms with Crippen LogP contribution in [0.2, 0.25) is 0 Å². The van der Waals surface area contributed by atoms with Gasteiger partial charge in [-0.1, -0.05) is 356 Å². The lowest BCUT2D eigenvalue weighted by molar-refractivity contribution is -0.167. The Balaban J connectivity index is 4.17. The molecule has 1 unspecified atom stereocenters. The molecule has 480 valence electrons. The summed E-state index contributed by atoms with van der Waals surface area (Å²) in [6.07, 6.45) is 94.7. The third-order valence-corrected chi connectivity index (χ3v) is 15.9. The van der Waals surface area contributed by atoms with Crippen molar-refractivity contribution >= 4 is 17.9 Å². The van der Waals surface area contributed by atoms with E-state index in [0.29, 0.717) is 19.3 Å². The van der Waals surface area contributed by atoms with E-state index in [9.17, 15) is 14.4 Å². The van der Waals surface area contributed by atoms with Gasteiger partial charge < -0.3 is 14.2 Å². The summed E-state index contributed by atoms with van der Waals surface area (Å²) >= 11 is 0. The zero-order valence-electron chi connectivity index (χ0n) is 55.2. The van der Waals surface area contributed by atoms with Crippen LogP contribution in [-0.2, 0) is 28.6 Å². The molecule has 0 spiro atoms. The normalized spacial score (nSPS) is 12.6. The number of allylic oxidation sites excluding steroid dienone is 14. The highest BCUT2D eigenvalue weighted by atomic mass is 16.6. The Bertz CT molecular complexity index is 1570. The van der Waals surface area contributed by atoms with Crippen LogP contribution in [0.1, 0.15) is 367 Å². The molecular weight excluding hydrogens is 1020 g/mol. The minimum Gasteiger partial charge on any atom is -0.462 e. The van der Waals surface area contributed by atoms with Gasteiger partial charge in [0.15, 0.2) is 6.10 Å². The molecule has 0 saturated carbocycles. The summed E-state index contributed by atoms with van der Waals surface area (Å²) in [6, 6.07) is 0. The fourth-order valence-corrected chi connectivity index (χ4v) is 10.5. The van der Waals surface area contributed by atoms with Gasteiger partial charge in [0.1, 0.15) is 13.2 Å². The standard InChI is InChI=1S/C77H136O6/c1-4-7-10-13-16-19-22-25-28-30-31-32-33-34-35-36-37-38-39-40-41-42-43-44-45-46-47-48-50-52-55-58-61-64-67-70-76(79)82-73-74(72-81-75(78)69-66-63-60-57-54-51-27-24-21-18-15-12-9-6-3)83-77(80)71-68-65-62-59-56-53-49-29-26-23-20-17-14-11-8-5-2/h7,10,16,19,25,28,31-32,34-35,37-38,40-41,74H,4-6,8-9,11-15,17-18,20-24,26-27,29-30,33,36,39,42-73H2,1-3H3/b10-7-,19-16-,28-25-,32-31-,35-34-,38-37-,41-40-. The summed E-state index contributed by atoms with van der Waals surface area (Å²) in [5.74, 6) is -0.846. The summed E-state index contributed by atoms with van der Waals surface area (Å²) in [4.78, 5) is 38.4. The molecule has 0 aliphatic carbocycles. The maximum absolute atomic E-state index is 12.9. The molecule has 0 rings (SSSR count). The van der Waals surface area contributed by atoms with Crippen LogP contribution in [0.25, 0.3) is 0 Å². The molecule has 0 aliphatic rings. The second kappa shape index (κ2) is 71.1. The smallest absolute Gasteiger partial charge is 0.306 e. The predicted octanol–water partition coefficient (Wildman–Crippen LogP) is 25.0. The molecule has 0 fully saturated rings. The Labute approximate surface area is 515 Å². The number of ether oxygens (including phenoxy) is 3. The summed E-state index contributed by atoms with van der Waals surface area (Å²) in [6.45, 7) is 6.58. The zero-order valence-corrected chi connectivity index (χ0v) is 55.2. The van der Waals surface area contributed by atoms with Gasteiger partial charge in [0.2, 0.25) is 0 Å². The fourth-order valence-electron chi connectivity index (χ4n) is 10.5. The van der Waals surface area contributed by atoms with E-state index in [1.54, 1.807) is 0 Å². The molecule has 0 radical (unpaired) electrons. The third kappa shape index (κ3) is 69.3. The van der Waals surface area contributed by atoms with E-state index in [4.69, 9.17) is 14.2 Å². The van der Waals surface area contributed by atoms with Crippen molar-refractivity contribution in [1.82, 2.24) is 0 Å². The first kappa shape index (κ1) is 79.6. The van der Waals surface area contributed by atoms with E-state index >= 15 is 0 Å². The van der Waals surface area contributed by atoms with Crippen LogP contribution in [0.3, 0.4) is 0 Å². The first-order valence-electron chi connectivity index (χ1n) is 36.1. The Hall–Kier alpha value is -3.41. The van der Waals surface area contributed by atoms with Crippen LogP contribution < -0.4 is 0 Å². The fraction of sp³-hybridized carbons (Fsp3) is 0.779. The van der Waals surface area contributed by atoms with Crippen molar-refractivity contribution in [3.8, 4) is 0 Å². The highest BCUT2D eigenvalue weighted by Gasteiger charge is 2.19. The van der Waals surface area contributed by atoms with Gasteiger partial charge in [-0.05, 0) is 77.0 Å². The molecule has 0 N–H and O–H groups in total. The molecule has 6 heteroatoms. The van der Waals surface area contributed by atoms with E-state index in [2.05, 4.69) is 106 Å². The molecule has 0 aromatic rings. The Kier molecular flexibility index (Phi) is 68.2. The number of esters is 3. The Morgan fingerprint density at radius 3 is 0.735 bits per heavy atom. The largest absolute Gasteiger partial charge is 0.462 e. The van der Waals surface area contributed by atoms with Gasteiger partial charge >= 0.3 is 17.9 Å². The molecule has 0 aromatic carbocycles. The van der Waals surface area contributed by atoms with E-state index in [-0.39, 0.29) is 31.1 Å². The average Bonchev–Trinajstić information content (AvgIpc) is 3.49. The Morgan fingerprint density at radius 1 is 0.253 bits per heavy atom. The molecule has 83 heavy (non-hydrogen) atoms. The summed E-state index contributed by atoms with van der Waals surface area (Å²) in [5.41, 5.74) is 0. The van der Waals surface area contributed by atoms with Crippen LogP contribution in [0.15, 0.2) is 85.1 Å². The summed E-state index contributed by atoms with van der Waals surface area (Å²) in [5, 5.41) is 0. The van der Waals surface area contributed by atoms with Gasteiger partial charge in [-0.25, -0.2) is 0 Å². The minimum absolute atomic E-state index is 0.0689. The molecular formula is C77H136O6. The quantitative estimate of drug-likeness (QED) is 0.0261. The highest BCUT2D eigenvalue weighted by molar-refractivity contribution is 5.71. The van der Waals surface area contributed by atoms with Crippen LogP contribution in [0.5, 0.6) is 0 Å². The van der Waals surface area contributed by atoms with Gasteiger partial charge in [-0.2, -0.15) is 0 Å². The van der Waals surface area contributed by atoms with E-state index in [0.717, 1.165) is 103 Å². The molecule has 0 saturated heterocycles. The number of hydrogen-bond donors (Lipinski definition) is 0. The number of hydrogen-bond acceptors (Lipinski definition) is 6. The van der Waals surface area contributed by atoms with Gasteiger partial charge in [0, 0.05) is 19.3 Å². The van der Waals surface area contributed by atoms with E-state index < -0.39 is 6.10 Å². The zero-order chi connectivity index (χ0) is 59.9. The third-order valence-electron chi connectivity index (χ3n) is 15.9. The van der Waals surface area contributed by atoms with Crippen LogP contribution in [0, 0.1) is 0 Å². The number of carbonyl (C=O) groups excluding carboxylic acids is 3. The van der Waals surface area contributed by atoms with Gasteiger partial charge in [-0.3, -0.25) is 14.4 Å². The lowest BCUT2D eigenvalue weighted by Crippen LogP contribution is -2.30. The van der Waals surface area contributed by atoms with Gasteiger partial charge in [-0.15, -0.1) is 0 Å². The second-order valence-electron chi connectivity index (χ2n) is 24.1. The first-order valence-corrected chi connectivity index (χ1v) is 36.1. The Morgan fingerprint density at radius 2 is 0.470 bits per heavy atom. The van der Waals surface area contributed by atoms with Crippen molar-refractivity contribution in [3.63, 3.8) is 0 Å². The van der Waals surface area contributed by atoms with Crippen molar-refractivity contribution in [2.75, 3.05) is 13.2 Å². The SMILES string of the molecule is CC/C=C\C/C=C\C/C=C\C/C=C\C/C=C\C/C=C\C/C=C\CCCCCCCCCCCCCCCC(=O)OCC(COC(=O)CCCCCCCCCCCCCCCC)OC(=O)CCCCCCCCCCCCCCCCCC. The lowest BCUT2D eigenvalue weighted by Gasteiger charge is -2.18. The van der Waals surface area contributed by atoms with Crippen molar-refractivity contribution in [3.05, 3.63) is 85.1 Å². The average molecular weight is 1160 g/mol. The maximum Gasteiger partial charge on any atom is 0.306 e. The summed E-state index contributed by atoms with van der Waals surface area (Å²) in [7, 11) is 0. The van der Waals surface area contributed by atoms with Crippen molar-refractivity contribution in [2.45, 2.75) is 374 Å². The maximum atomic E-state index is 12.9.